The third-order valence-corrected chi connectivity index (χ3v) is 4.78. The van der Waals surface area contributed by atoms with Gasteiger partial charge in [0.25, 0.3) is 0 Å². The number of carbonyl (C=O) groups is 2. The van der Waals surface area contributed by atoms with Crippen LogP contribution in [0, 0.1) is 5.92 Å². The molecule has 1 saturated heterocycles. The maximum Gasteiger partial charge on any atom is 0.227 e. The predicted molar refractivity (Wildman–Crippen MR) is 99.6 cm³/mol. The smallest absolute Gasteiger partial charge is 0.227 e. The molecular weight excluding hydrogens is 328 g/mol. The van der Waals surface area contributed by atoms with Crippen molar-refractivity contribution in [2.75, 3.05) is 18.0 Å². The molecule has 1 N–H and O–H groups in total. The Morgan fingerprint density at radius 2 is 2.04 bits per heavy atom. The molecule has 0 aliphatic carbocycles. The van der Waals surface area contributed by atoms with Crippen LogP contribution >= 0.6 is 0 Å². The summed E-state index contributed by atoms with van der Waals surface area (Å²) in [6.07, 6.45) is 5.53. The van der Waals surface area contributed by atoms with E-state index in [2.05, 4.69) is 10.3 Å². The van der Waals surface area contributed by atoms with Gasteiger partial charge >= 0.3 is 0 Å². The van der Waals surface area contributed by atoms with Gasteiger partial charge in [0.1, 0.15) is 0 Å². The summed E-state index contributed by atoms with van der Waals surface area (Å²) in [6, 6.07) is 13.9. The highest BCUT2D eigenvalue weighted by Gasteiger charge is 2.35. The molecule has 0 unspecified atom stereocenters. The average Bonchev–Trinajstić information content (AvgIpc) is 3.31. The summed E-state index contributed by atoms with van der Waals surface area (Å²) < 4.78 is 1.91. The molecule has 0 saturated carbocycles. The van der Waals surface area contributed by atoms with E-state index in [1.807, 2.05) is 53.2 Å². The summed E-state index contributed by atoms with van der Waals surface area (Å²) in [7, 11) is 0. The fourth-order valence-corrected chi connectivity index (χ4v) is 3.43. The van der Waals surface area contributed by atoms with Crippen molar-refractivity contribution >= 4 is 28.3 Å². The lowest BCUT2D eigenvalue weighted by molar-refractivity contribution is -0.126. The van der Waals surface area contributed by atoms with Crippen LogP contribution < -0.4 is 10.2 Å². The number of nitrogens with one attached hydrogen (secondary N) is 1. The van der Waals surface area contributed by atoms with E-state index in [0.29, 0.717) is 19.6 Å². The van der Waals surface area contributed by atoms with Crippen LogP contribution in [0.15, 0.2) is 61.2 Å². The molecule has 6 nitrogen and oxygen atoms in total. The van der Waals surface area contributed by atoms with Crippen LogP contribution in [0.3, 0.4) is 0 Å². The Labute approximate surface area is 151 Å². The van der Waals surface area contributed by atoms with Crippen molar-refractivity contribution < 1.29 is 9.59 Å². The number of nitrogens with zero attached hydrogens (tertiary/aromatic N) is 3. The van der Waals surface area contributed by atoms with Gasteiger partial charge in [0, 0.05) is 43.8 Å². The molecule has 26 heavy (non-hydrogen) atoms. The zero-order valence-corrected chi connectivity index (χ0v) is 14.3. The van der Waals surface area contributed by atoms with E-state index in [-0.39, 0.29) is 24.2 Å². The van der Waals surface area contributed by atoms with Crippen molar-refractivity contribution in [1.82, 2.24) is 14.9 Å². The maximum atomic E-state index is 12.5. The van der Waals surface area contributed by atoms with Gasteiger partial charge in [-0.1, -0.05) is 36.4 Å². The Morgan fingerprint density at radius 3 is 2.88 bits per heavy atom. The van der Waals surface area contributed by atoms with Crippen molar-refractivity contribution in [3.63, 3.8) is 0 Å². The second-order valence-corrected chi connectivity index (χ2v) is 6.50. The van der Waals surface area contributed by atoms with Crippen LogP contribution in [0.2, 0.25) is 0 Å². The van der Waals surface area contributed by atoms with E-state index >= 15 is 0 Å². The molecular formula is C20H20N4O2. The number of benzene rings is 2. The minimum absolute atomic E-state index is 0.00360. The quantitative estimate of drug-likeness (QED) is 0.769. The van der Waals surface area contributed by atoms with Gasteiger partial charge in [0.05, 0.1) is 17.9 Å². The normalized spacial score (nSPS) is 17.0. The van der Waals surface area contributed by atoms with Crippen molar-refractivity contribution in [3.05, 3.63) is 61.2 Å². The predicted octanol–water partition coefficient (Wildman–Crippen LogP) is 2.21. The molecule has 2 amide bonds. The van der Waals surface area contributed by atoms with Gasteiger partial charge in [-0.15, -0.1) is 0 Å². The monoisotopic (exact) mass is 348 g/mol. The Kier molecular flexibility index (Phi) is 4.39. The van der Waals surface area contributed by atoms with E-state index in [1.165, 1.54) is 0 Å². The molecule has 0 spiro atoms. The minimum Gasteiger partial charge on any atom is -0.354 e. The fraction of sp³-hybridized carbons (Fsp3) is 0.250. The number of amides is 2. The lowest BCUT2D eigenvalue weighted by Gasteiger charge is -2.19. The zero-order chi connectivity index (χ0) is 17.9. The second-order valence-electron chi connectivity index (χ2n) is 6.50. The van der Waals surface area contributed by atoms with Gasteiger partial charge in [-0.2, -0.15) is 0 Å². The number of rotatable bonds is 5. The first-order chi connectivity index (χ1) is 12.7. The Bertz CT molecular complexity index is 931. The SMILES string of the molecule is O=C(NCCn1ccnc1)[C@H]1CC(=O)N(c2cccc3ccccc23)C1. The summed E-state index contributed by atoms with van der Waals surface area (Å²) in [5, 5.41) is 5.05. The molecule has 1 fully saturated rings. The van der Waals surface area contributed by atoms with Crippen LogP contribution in [0.4, 0.5) is 5.69 Å². The van der Waals surface area contributed by atoms with Crippen LogP contribution in [0.1, 0.15) is 6.42 Å². The number of hydrogen-bond acceptors (Lipinski definition) is 3. The Hall–Kier alpha value is -3.15. The molecule has 2 aromatic carbocycles. The first-order valence-electron chi connectivity index (χ1n) is 8.74. The fourth-order valence-electron chi connectivity index (χ4n) is 3.43. The van der Waals surface area contributed by atoms with Gasteiger partial charge in [-0.25, -0.2) is 4.98 Å². The van der Waals surface area contributed by atoms with Crippen LogP contribution in [-0.4, -0.2) is 34.5 Å². The average molecular weight is 348 g/mol. The number of aromatic nitrogens is 2. The summed E-state index contributed by atoms with van der Waals surface area (Å²) in [6.45, 7) is 1.61. The number of imidazole rings is 1. The van der Waals surface area contributed by atoms with Crippen LogP contribution in [0.5, 0.6) is 0 Å². The Morgan fingerprint density at radius 1 is 1.19 bits per heavy atom. The van der Waals surface area contributed by atoms with Crippen LogP contribution in [0.25, 0.3) is 10.8 Å². The summed E-state index contributed by atoms with van der Waals surface area (Å²) in [4.78, 5) is 30.7. The molecule has 3 aromatic rings. The van der Waals surface area contributed by atoms with Gasteiger partial charge < -0.3 is 14.8 Å². The summed E-state index contributed by atoms with van der Waals surface area (Å²) >= 11 is 0. The standard InChI is InChI=1S/C20H20N4O2/c25-19-12-16(20(26)22-9-11-23-10-8-21-14-23)13-24(19)18-7-3-5-15-4-1-2-6-17(15)18/h1-8,10,14,16H,9,11-13H2,(H,22,26)/t16-/m0/s1. The molecule has 1 aliphatic rings. The molecule has 2 heterocycles. The molecule has 1 aliphatic heterocycles. The number of fused-ring (bicyclic) bond motifs is 1. The molecule has 0 radical (unpaired) electrons. The highest BCUT2D eigenvalue weighted by molar-refractivity contribution is 6.06. The van der Waals surface area contributed by atoms with Crippen molar-refractivity contribution in [2.24, 2.45) is 5.92 Å². The summed E-state index contributed by atoms with van der Waals surface area (Å²) in [5.41, 5.74) is 0.877. The number of carbonyl (C=O) groups excluding carboxylic acids is 2. The topological polar surface area (TPSA) is 67.2 Å². The molecule has 6 heteroatoms. The molecule has 132 valence electrons. The third-order valence-electron chi connectivity index (χ3n) is 4.78. The maximum absolute atomic E-state index is 12.5. The van der Waals surface area contributed by atoms with Crippen molar-refractivity contribution in [2.45, 2.75) is 13.0 Å². The second kappa shape index (κ2) is 7.00. The van der Waals surface area contributed by atoms with E-state index in [0.717, 1.165) is 16.5 Å². The first kappa shape index (κ1) is 16.3. The van der Waals surface area contributed by atoms with Gasteiger partial charge in [0.15, 0.2) is 0 Å². The van der Waals surface area contributed by atoms with Crippen LogP contribution in [-0.2, 0) is 16.1 Å². The first-order valence-corrected chi connectivity index (χ1v) is 8.74. The highest BCUT2D eigenvalue weighted by atomic mass is 16.2. The summed E-state index contributed by atoms with van der Waals surface area (Å²) in [5.74, 6) is -0.387. The molecule has 1 atom stereocenters. The molecule has 0 bridgehead atoms. The van der Waals surface area contributed by atoms with E-state index < -0.39 is 0 Å². The van der Waals surface area contributed by atoms with Gasteiger partial charge in [-0.3, -0.25) is 9.59 Å². The molecule has 4 rings (SSSR count). The zero-order valence-electron chi connectivity index (χ0n) is 14.3. The third kappa shape index (κ3) is 3.18. The van der Waals surface area contributed by atoms with E-state index in [9.17, 15) is 9.59 Å². The van der Waals surface area contributed by atoms with Gasteiger partial charge in [0.2, 0.25) is 11.8 Å². The largest absolute Gasteiger partial charge is 0.354 e. The highest BCUT2D eigenvalue weighted by Crippen LogP contribution is 2.31. The molecule has 1 aromatic heterocycles. The van der Waals surface area contributed by atoms with Gasteiger partial charge in [-0.05, 0) is 11.5 Å². The lowest BCUT2D eigenvalue weighted by atomic mass is 10.1. The van der Waals surface area contributed by atoms with Crippen molar-refractivity contribution in [1.29, 1.82) is 0 Å². The van der Waals surface area contributed by atoms with E-state index in [1.54, 1.807) is 17.4 Å². The number of anilines is 1. The Balaban J connectivity index is 1.44. The van der Waals surface area contributed by atoms with E-state index in [4.69, 9.17) is 0 Å². The lowest BCUT2D eigenvalue weighted by Crippen LogP contribution is -2.34. The van der Waals surface area contributed by atoms with Crippen molar-refractivity contribution in [3.8, 4) is 0 Å². The minimum atomic E-state index is -0.316. The number of hydrogen-bond donors (Lipinski definition) is 1.